The predicted molar refractivity (Wildman–Crippen MR) is 82.7 cm³/mol. The number of para-hydroxylation sites is 1. The minimum atomic E-state index is -0.368. The third kappa shape index (κ3) is 2.51. The summed E-state index contributed by atoms with van der Waals surface area (Å²) in [6.07, 6.45) is 1.60. The van der Waals surface area contributed by atoms with Crippen LogP contribution in [-0.4, -0.2) is 11.1 Å². The van der Waals surface area contributed by atoms with E-state index in [1.54, 1.807) is 0 Å². The highest BCUT2D eigenvalue weighted by Crippen LogP contribution is 2.44. The Kier molecular flexibility index (Phi) is 3.64. The minimum absolute atomic E-state index is 0.0258. The largest absolute Gasteiger partial charge is 0.392 e. The zero-order valence-corrected chi connectivity index (χ0v) is 11.8. The maximum atomic E-state index is 9.56. The molecule has 0 aliphatic heterocycles. The summed E-state index contributed by atoms with van der Waals surface area (Å²) in [5.74, 6) is 0. The van der Waals surface area contributed by atoms with Crippen LogP contribution in [0.5, 0.6) is 0 Å². The van der Waals surface area contributed by atoms with Gasteiger partial charge in [0.2, 0.25) is 0 Å². The third-order valence-electron chi connectivity index (χ3n) is 4.28. The number of nitrogens with one attached hydrogen (secondary N) is 1. The quantitative estimate of drug-likeness (QED) is 0.903. The second-order valence-electron chi connectivity index (χ2n) is 5.62. The number of nitriles is 1. The summed E-state index contributed by atoms with van der Waals surface area (Å²) in [6, 6.07) is 20.5. The maximum absolute atomic E-state index is 9.56. The van der Waals surface area contributed by atoms with Gasteiger partial charge in [0.15, 0.2) is 0 Å². The highest BCUT2D eigenvalue weighted by Gasteiger charge is 2.46. The van der Waals surface area contributed by atoms with E-state index in [1.807, 2.05) is 54.6 Å². The van der Waals surface area contributed by atoms with Crippen molar-refractivity contribution < 1.29 is 5.11 Å². The lowest BCUT2D eigenvalue weighted by Gasteiger charge is -2.44. The Bertz CT molecular complexity index is 654. The molecule has 0 amide bonds. The van der Waals surface area contributed by atoms with E-state index >= 15 is 0 Å². The number of rotatable bonds is 4. The molecule has 0 atom stereocenters. The Balaban J connectivity index is 1.72. The summed E-state index contributed by atoms with van der Waals surface area (Å²) in [4.78, 5) is 0. The molecular weight excluding hydrogens is 260 g/mol. The van der Waals surface area contributed by atoms with E-state index in [0.29, 0.717) is 0 Å². The zero-order valence-electron chi connectivity index (χ0n) is 11.8. The molecule has 2 aromatic rings. The van der Waals surface area contributed by atoms with Gasteiger partial charge in [0.05, 0.1) is 18.1 Å². The summed E-state index contributed by atoms with van der Waals surface area (Å²) in [6.45, 7) is 0.0258. The van der Waals surface area contributed by atoms with E-state index in [2.05, 4.69) is 11.4 Å². The normalized spacial score (nSPS) is 23.9. The molecule has 0 heterocycles. The molecule has 1 aliphatic rings. The van der Waals surface area contributed by atoms with Crippen LogP contribution in [-0.2, 0) is 12.0 Å². The average Bonchev–Trinajstić information content (AvgIpc) is 2.52. The molecule has 21 heavy (non-hydrogen) atoms. The fraction of sp³-hybridized carbons (Fsp3) is 0.278. The van der Waals surface area contributed by atoms with Gasteiger partial charge in [0.25, 0.3) is 0 Å². The van der Waals surface area contributed by atoms with Crippen molar-refractivity contribution in [3.05, 3.63) is 65.7 Å². The molecule has 0 bridgehead atoms. The molecule has 0 saturated heterocycles. The van der Waals surface area contributed by atoms with Gasteiger partial charge in [0.1, 0.15) is 0 Å². The molecule has 2 N–H and O–H groups in total. The Morgan fingerprint density at radius 1 is 1.10 bits per heavy atom. The van der Waals surface area contributed by atoms with E-state index in [1.165, 1.54) is 0 Å². The van der Waals surface area contributed by atoms with Crippen molar-refractivity contribution in [3.63, 3.8) is 0 Å². The van der Waals surface area contributed by atoms with Crippen molar-refractivity contribution in [2.75, 3.05) is 5.32 Å². The van der Waals surface area contributed by atoms with Gasteiger partial charge in [0, 0.05) is 17.3 Å². The van der Waals surface area contributed by atoms with Crippen molar-refractivity contribution >= 4 is 5.69 Å². The van der Waals surface area contributed by atoms with E-state index in [4.69, 9.17) is 0 Å². The molecule has 3 rings (SSSR count). The Morgan fingerprint density at radius 2 is 1.76 bits per heavy atom. The fourth-order valence-electron chi connectivity index (χ4n) is 3.05. The first kappa shape index (κ1) is 13.7. The van der Waals surface area contributed by atoms with E-state index in [-0.39, 0.29) is 18.1 Å². The van der Waals surface area contributed by atoms with Crippen molar-refractivity contribution in [1.82, 2.24) is 0 Å². The highest BCUT2D eigenvalue weighted by atomic mass is 16.3. The van der Waals surface area contributed by atoms with Gasteiger partial charge in [-0.15, -0.1) is 0 Å². The molecule has 1 aliphatic carbocycles. The van der Waals surface area contributed by atoms with Crippen LogP contribution in [0.4, 0.5) is 5.69 Å². The molecule has 0 unspecified atom stereocenters. The molecule has 0 spiro atoms. The van der Waals surface area contributed by atoms with Crippen molar-refractivity contribution in [2.24, 2.45) is 0 Å². The zero-order chi connectivity index (χ0) is 14.7. The lowest BCUT2D eigenvalue weighted by Crippen LogP contribution is -2.47. The number of hydrogen-bond acceptors (Lipinski definition) is 3. The number of aliphatic hydroxyl groups excluding tert-OH is 1. The van der Waals surface area contributed by atoms with Gasteiger partial charge in [-0.25, -0.2) is 0 Å². The Morgan fingerprint density at radius 3 is 2.43 bits per heavy atom. The number of hydrogen-bond donors (Lipinski definition) is 2. The SMILES string of the molecule is N#CC1(c2ccccc2)CC(Nc2ccccc2CO)C1. The molecule has 3 heteroatoms. The standard InChI is InChI=1S/C18H18N2O/c19-13-18(15-7-2-1-3-8-15)10-16(11-18)20-17-9-5-4-6-14(17)12-21/h1-9,16,20-21H,10-12H2. The first-order chi connectivity index (χ1) is 10.3. The molecule has 3 nitrogen and oxygen atoms in total. The van der Waals surface area contributed by atoms with Gasteiger partial charge in [-0.1, -0.05) is 48.5 Å². The molecule has 0 aromatic heterocycles. The second-order valence-corrected chi connectivity index (χ2v) is 5.62. The number of benzene rings is 2. The summed E-state index contributed by atoms with van der Waals surface area (Å²) >= 11 is 0. The van der Waals surface area contributed by atoms with Crippen molar-refractivity contribution in [1.29, 1.82) is 5.26 Å². The monoisotopic (exact) mass is 278 g/mol. The maximum Gasteiger partial charge on any atom is 0.0861 e. The van der Waals surface area contributed by atoms with Gasteiger partial charge in [-0.3, -0.25) is 0 Å². The molecule has 0 radical (unpaired) electrons. The van der Waals surface area contributed by atoms with Crippen LogP contribution in [0, 0.1) is 11.3 Å². The smallest absolute Gasteiger partial charge is 0.0861 e. The van der Waals surface area contributed by atoms with Crippen LogP contribution in [0.15, 0.2) is 54.6 Å². The lowest BCUT2D eigenvalue weighted by molar-refractivity contribution is 0.278. The first-order valence-corrected chi connectivity index (χ1v) is 7.19. The molecule has 106 valence electrons. The van der Waals surface area contributed by atoms with Crippen molar-refractivity contribution in [2.45, 2.75) is 30.9 Å². The second kappa shape index (κ2) is 5.59. The van der Waals surface area contributed by atoms with Crippen LogP contribution >= 0.6 is 0 Å². The summed E-state index contributed by atoms with van der Waals surface area (Å²) in [7, 11) is 0. The summed E-state index contributed by atoms with van der Waals surface area (Å²) in [5.41, 5.74) is 2.59. The van der Waals surface area contributed by atoms with Gasteiger partial charge >= 0.3 is 0 Å². The van der Waals surface area contributed by atoms with Crippen LogP contribution in [0.2, 0.25) is 0 Å². The van der Waals surface area contributed by atoms with E-state index in [9.17, 15) is 10.4 Å². The van der Waals surface area contributed by atoms with Gasteiger partial charge < -0.3 is 10.4 Å². The molecule has 1 saturated carbocycles. The fourth-order valence-corrected chi connectivity index (χ4v) is 3.05. The van der Waals surface area contributed by atoms with E-state index in [0.717, 1.165) is 29.7 Å². The van der Waals surface area contributed by atoms with Crippen LogP contribution in [0.25, 0.3) is 0 Å². The topological polar surface area (TPSA) is 56.0 Å². The van der Waals surface area contributed by atoms with Gasteiger partial charge in [-0.2, -0.15) is 5.26 Å². The minimum Gasteiger partial charge on any atom is -0.392 e. The highest BCUT2D eigenvalue weighted by molar-refractivity contribution is 5.53. The predicted octanol–water partition coefficient (Wildman–Crippen LogP) is 3.21. The Labute approximate surface area is 124 Å². The van der Waals surface area contributed by atoms with Crippen LogP contribution in [0.3, 0.4) is 0 Å². The van der Waals surface area contributed by atoms with Crippen LogP contribution in [0.1, 0.15) is 24.0 Å². The van der Waals surface area contributed by atoms with Gasteiger partial charge in [-0.05, 0) is 24.5 Å². The lowest BCUT2D eigenvalue weighted by atomic mass is 9.62. The molecular formula is C18H18N2O. The number of nitrogens with zero attached hydrogens (tertiary/aromatic N) is 1. The summed E-state index contributed by atoms with van der Waals surface area (Å²) in [5, 5.41) is 22.4. The summed E-state index contributed by atoms with van der Waals surface area (Å²) < 4.78 is 0. The number of anilines is 1. The van der Waals surface area contributed by atoms with Crippen molar-refractivity contribution in [3.8, 4) is 6.07 Å². The number of aliphatic hydroxyl groups is 1. The first-order valence-electron chi connectivity index (χ1n) is 7.19. The van der Waals surface area contributed by atoms with Crippen LogP contribution < -0.4 is 5.32 Å². The van der Waals surface area contributed by atoms with E-state index < -0.39 is 0 Å². The molecule has 2 aromatic carbocycles. The average molecular weight is 278 g/mol. The Hall–Kier alpha value is -2.31. The molecule has 1 fully saturated rings. The third-order valence-corrected chi connectivity index (χ3v) is 4.28.